The van der Waals surface area contributed by atoms with E-state index in [1.807, 2.05) is 49.4 Å². The maximum Gasteiger partial charge on any atom is 0.332 e. The van der Waals surface area contributed by atoms with E-state index in [-0.39, 0.29) is 18.4 Å². The number of anilines is 1. The molecule has 0 radical (unpaired) electrons. The topological polar surface area (TPSA) is 69.7 Å². The Balaban J connectivity index is 1.53. The summed E-state index contributed by atoms with van der Waals surface area (Å²) in [6.45, 7) is 3.83. The minimum Gasteiger partial charge on any atom is -0.354 e. The molecule has 2 aromatic rings. The fourth-order valence-corrected chi connectivity index (χ4v) is 3.78. The lowest BCUT2D eigenvalue weighted by Crippen LogP contribution is -2.42. The summed E-state index contributed by atoms with van der Waals surface area (Å²) in [6, 6.07) is 16.2. The third kappa shape index (κ3) is 4.54. The highest BCUT2D eigenvalue weighted by Crippen LogP contribution is 2.25. The number of carbonyl (C=O) groups is 3. The van der Waals surface area contributed by atoms with Gasteiger partial charge in [0.1, 0.15) is 12.6 Å². The van der Waals surface area contributed by atoms with Gasteiger partial charge in [-0.25, -0.2) is 4.79 Å². The molecule has 1 heterocycles. The highest BCUT2D eigenvalue weighted by molar-refractivity contribution is 7.99. The van der Waals surface area contributed by atoms with Gasteiger partial charge < -0.3 is 5.32 Å². The number of amides is 4. The predicted molar refractivity (Wildman–Crippen MR) is 110 cm³/mol. The molecule has 0 unspecified atom stereocenters. The molecule has 2 aromatic carbocycles. The second-order valence-electron chi connectivity index (χ2n) is 6.60. The van der Waals surface area contributed by atoms with Crippen molar-refractivity contribution in [2.24, 2.45) is 0 Å². The van der Waals surface area contributed by atoms with Crippen LogP contribution in [-0.2, 0) is 9.59 Å². The molecule has 0 spiro atoms. The van der Waals surface area contributed by atoms with Crippen molar-refractivity contribution in [2.45, 2.75) is 24.8 Å². The molecular weight excluding hydrogens is 374 g/mol. The van der Waals surface area contributed by atoms with E-state index >= 15 is 0 Å². The first-order valence-corrected chi connectivity index (χ1v) is 10.1. The normalized spacial score (nSPS) is 16.6. The largest absolute Gasteiger partial charge is 0.354 e. The first-order chi connectivity index (χ1) is 13.5. The quantitative estimate of drug-likeness (QED) is 0.443. The number of urea groups is 1. The molecule has 1 atom stereocenters. The van der Waals surface area contributed by atoms with Crippen LogP contribution in [0.2, 0.25) is 0 Å². The van der Waals surface area contributed by atoms with E-state index in [4.69, 9.17) is 0 Å². The molecule has 3 rings (SSSR count). The highest BCUT2D eigenvalue weighted by Gasteiger charge is 2.43. The van der Waals surface area contributed by atoms with Crippen LogP contribution in [0.25, 0.3) is 0 Å². The molecule has 146 valence electrons. The zero-order valence-electron chi connectivity index (χ0n) is 15.9. The van der Waals surface area contributed by atoms with Gasteiger partial charge in [0.25, 0.3) is 5.91 Å². The van der Waals surface area contributed by atoms with Gasteiger partial charge in [0.15, 0.2) is 0 Å². The zero-order valence-corrected chi connectivity index (χ0v) is 16.7. The van der Waals surface area contributed by atoms with Gasteiger partial charge in [-0.1, -0.05) is 35.9 Å². The van der Waals surface area contributed by atoms with Crippen LogP contribution in [0.15, 0.2) is 59.5 Å². The summed E-state index contributed by atoms with van der Waals surface area (Å²) in [5.41, 5.74) is 1.72. The maximum atomic E-state index is 12.7. The van der Waals surface area contributed by atoms with Crippen molar-refractivity contribution < 1.29 is 14.4 Å². The monoisotopic (exact) mass is 397 g/mol. The third-order valence-corrected chi connectivity index (χ3v) is 5.51. The Hall–Kier alpha value is -2.80. The highest BCUT2D eigenvalue weighted by atomic mass is 32.2. The van der Waals surface area contributed by atoms with Crippen LogP contribution in [0, 0.1) is 6.92 Å². The molecule has 1 aliphatic rings. The number of benzene rings is 2. The number of aryl methyl sites for hydroxylation is 1. The van der Waals surface area contributed by atoms with E-state index in [9.17, 15) is 14.4 Å². The maximum absolute atomic E-state index is 12.7. The van der Waals surface area contributed by atoms with E-state index in [2.05, 4.69) is 5.32 Å². The molecule has 0 bridgehead atoms. The molecule has 0 saturated carbocycles. The van der Waals surface area contributed by atoms with Crippen molar-refractivity contribution in [3.8, 4) is 0 Å². The SMILES string of the molecule is Cc1ccc(N2C(=O)N(CC(=O)NCCSc3ccccc3)C(=O)[C@H]2C)cc1. The molecule has 7 heteroatoms. The summed E-state index contributed by atoms with van der Waals surface area (Å²) in [4.78, 5) is 41.0. The van der Waals surface area contributed by atoms with Crippen LogP contribution < -0.4 is 10.2 Å². The number of hydrogen-bond donors (Lipinski definition) is 1. The van der Waals surface area contributed by atoms with E-state index in [0.717, 1.165) is 15.4 Å². The molecule has 1 N–H and O–H groups in total. The zero-order chi connectivity index (χ0) is 20.1. The minimum absolute atomic E-state index is 0.264. The Kier molecular flexibility index (Phi) is 6.36. The second-order valence-corrected chi connectivity index (χ2v) is 7.77. The van der Waals surface area contributed by atoms with Crippen LogP contribution >= 0.6 is 11.8 Å². The fourth-order valence-electron chi connectivity index (χ4n) is 2.99. The first-order valence-electron chi connectivity index (χ1n) is 9.13. The summed E-state index contributed by atoms with van der Waals surface area (Å²) in [7, 11) is 0. The number of nitrogens with one attached hydrogen (secondary N) is 1. The Labute approximate surface area is 168 Å². The van der Waals surface area contributed by atoms with Crippen molar-refractivity contribution in [2.75, 3.05) is 23.7 Å². The number of carbonyl (C=O) groups excluding carboxylic acids is 3. The second kappa shape index (κ2) is 8.93. The van der Waals surface area contributed by atoms with Crippen molar-refractivity contribution in [3.05, 3.63) is 60.2 Å². The number of rotatable bonds is 7. The molecule has 0 aromatic heterocycles. The molecule has 4 amide bonds. The Morgan fingerprint density at radius 2 is 1.75 bits per heavy atom. The van der Waals surface area contributed by atoms with Gasteiger partial charge in [0, 0.05) is 22.9 Å². The Morgan fingerprint density at radius 3 is 2.43 bits per heavy atom. The van der Waals surface area contributed by atoms with Crippen LogP contribution in [0.4, 0.5) is 10.5 Å². The van der Waals surface area contributed by atoms with Gasteiger partial charge >= 0.3 is 6.03 Å². The van der Waals surface area contributed by atoms with Crippen LogP contribution in [0.5, 0.6) is 0 Å². The molecular formula is C21H23N3O3S. The van der Waals surface area contributed by atoms with E-state index in [1.165, 1.54) is 4.90 Å². The lowest BCUT2D eigenvalue weighted by Gasteiger charge is -2.19. The van der Waals surface area contributed by atoms with Crippen molar-refractivity contribution in [1.82, 2.24) is 10.2 Å². The molecule has 0 aliphatic carbocycles. The smallest absolute Gasteiger partial charge is 0.332 e. The summed E-state index contributed by atoms with van der Waals surface area (Å²) in [6.07, 6.45) is 0. The predicted octanol–water partition coefficient (Wildman–Crippen LogP) is 3.06. The molecule has 28 heavy (non-hydrogen) atoms. The first kappa shape index (κ1) is 19.9. The number of imide groups is 1. The average Bonchev–Trinajstić information content (AvgIpc) is 2.90. The van der Waals surface area contributed by atoms with Crippen LogP contribution in [-0.4, -0.2) is 47.6 Å². The number of thioether (sulfide) groups is 1. The van der Waals surface area contributed by atoms with E-state index < -0.39 is 12.1 Å². The van der Waals surface area contributed by atoms with E-state index in [1.54, 1.807) is 30.8 Å². The van der Waals surface area contributed by atoms with Crippen LogP contribution in [0.3, 0.4) is 0 Å². The standard InChI is InChI=1S/C21H23N3O3S/c1-15-8-10-17(11-9-15)24-16(2)20(26)23(21(24)27)14-19(25)22-12-13-28-18-6-4-3-5-7-18/h3-11,16H,12-14H2,1-2H3,(H,22,25)/t16-/m1/s1. The summed E-state index contributed by atoms with van der Waals surface area (Å²) >= 11 is 1.63. The molecule has 6 nitrogen and oxygen atoms in total. The third-order valence-electron chi connectivity index (χ3n) is 4.50. The van der Waals surface area contributed by atoms with Gasteiger partial charge in [-0.2, -0.15) is 0 Å². The summed E-state index contributed by atoms with van der Waals surface area (Å²) in [5, 5.41) is 2.77. The van der Waals surface area contributed by atoms with Gasteiger partial charge in [-0.15, -0.1) is 11.8 Å². The fraction of sp³-hybridized carbons (Fsp3) is 0.286. The van der Waals surface area contributed by atoms with Gasteiger partial charge in [0.05, 0.1) is 0 Å². The van der Waals surface area contributed by atoms with Crippen molar-refractivity contribution in [3.63, 3.8) is 0 Å². The van der Waals surface area contributed by atoms with Crippen molar-refractivity contribution in [1.29, 1.82) is 0 Å². The van der Waals surface area contributed by atoms with Crippen LogP contribution in [0.1, 0.15) is 12.5 Å². The summed E-state index contributed by atoms with van der Waals surface area (Å²) < 4.78 is 0. The van der Waals surface area contributed by atoms with Gasteiger partial charge in [0.2, 0.25) is 5.91 Å². The Bertz CT molecular complexity index is 855. The van der Waals surface area contributed by atoms with Gasteiger partial charge in [-0.05, 0) is 38.1 Å². The molecule has 1 aliphatic heterocycles. The lowest BCUT2D eigenvalue weighted by atomic mass is 10.2. The molecule has 1 saturated heterocycles. The Morgan fingerprint density at radius 1 is 1.07 bits per heavy atom. The van der Waals surface area contributed by atoms with Crippen molar-refractivity contribution >= 4 is 35.3 Å². The number of nitrogens with zero attached hydrogens (tertiary/aromatic N) is 2. The lowest BCUT2D eigenvalue weighted by molar-refractivity contribution is -0.131. The average molecular weight is 398 g/mol. The van der Waals surface area contributed by atoms with E-state index in [0.29, 0.717) is 18.0 Å². The number of hydrogen-bond acceptors (Lipinski definition) is 4. The minimum atomic E-state index is -0.628. The van der Waals surface area contributed by atoms with Gasteiger partial charge in [-0.3, -0.25) is 19.4 Å². The molecule has 1 fully saturated rings. The summed E-state index contributed by atoms with van der Waals surface area (Å²) in [5.74, 6) is 0.0106.